The van der Waals surface area contributed by atoms with Gasteiger partial charge in [0.1, 0.15) is 11.9 Å². The van der Waals surface area contributed by atoms with Crippen LogP contribution in [0.2, 0.25) is 0 Å². The first-order chi connectivity index (χ1) is 8.02. The van der Waals surface area contributed by atoms with Gasteiger partial charge in [-0.25, -0.2) is 9.97 Å². The van der Waals surface area contributed by atoms with E-state index in [1.54, 1.807) is 4.90 Å². The van der Waals surface area contributed by atoms with Gasteiger partial charge in [0.2, 0.25) is 5.91 Å². The summed E-state index contributed by atoms with van der Waals surface area (Å²) >= 11 is 0. The second-order valence-corrected chi connectivity index (χ2v) is 4.11. The van der Waals surface area contributed by atoms with Gasteiger partial charge in [-0.1, -0.05) is 13.8 Å². The van der Waals surface area contributed by atoms with E-state index in [4.69, 9.17) is 11.0 Å². The number of primary amides is 1. The van der Waals surface area contributed by atoms with Crippen molar-refractivity contribution in [3.8, 4) is 6.07 Å². The fourth-order valence-electron chi connectivity index (χ4n) is 1.41. The minimum Gasteiger partial charge on any atom is -0.368 e. The fraction of sp³-hybridized carbons (Fsp3) is 0.455. The predicted molar refractivity (Wildman–Crippen MR) is 63.0 cm³/mol. The molecular weight excluding hydrogens is 218 g/mol. The normalized spacial score (nSPS) is 10.0. The molecular formula is C11H15N5O. The molecule has 0 aliphatic carbocycles. The Kier molecular flexibility index (Phi) is 4.40. The van der Waals surface area contributed by atoms with Gasteiger partial charge >= 0.3 is 0 Å². The Bertz CT molecular complexity index is 420. The number of nitrogens with two attached hydrogens (primary N) is 1. The molecule has 2 N–H and O–H groups in total. The Morgan fingerprint density at radius 3 is 2.65 bits per heavy atom. The van der Waals surface area contributed by atoms with Crippen LogP contribution in [0.25, 0.3) is 0 Å². The van der Waals surface area contributed by atoms with Gasteiger partial charge in [-0.15, -0.1) is 0 Å². The van der Waals surface area contributed by atoms with E-state index in [0.29, 0.717) is 18.3 Å². The number of amides is 1. The maximum atomic E-state index is 11.0. The third-order valence-electron chi connectivity index (χ3n) is 2.01. The summed E-state index contributed by atoms with van der Waals surface area (Å²) in [4.78, 5) is 20.7. The number of nitrogens with zero attached hydrogens (tertiary/aromatic N) is 4. The van der Waals surface area contributed by atoms with Crippen molar-refractivity contribution in [2.45, 2.75) is 13.8 Å². The van der Waals surface area contributed by atoms with Crippen LogP contribution in [0.5, 0.6) is 0 Å². The average molecular weight is 233 g/mol. The second kappa shape index (κ2) is 5.80. The highest BCUT2D eigenvalue weighted by Gasteiger charge is 2.12. The zero-order valence-corrected chi connectivity index (χ0v) is 9.92. The molecule has 1 heterocycles. The molecule has 1 rings (SSSR count). The lowest BCUT2D eigenvalue weighted by Gasteiger charge is -2.23. The lowest BCUT2D eigenvalue weighted by molar-refractivity contribution is -0.116. The number of anilines is 1. The summed E-state index contributed by atoms with van der Waals surface area (Å²) in [5.41, 5.74) is 5.43. The summed E-state index contributed by atoms with van der Waals surface area (Å²) in [5.74, 6) is 0.500. The number of carbonyl (C=O) groups excluding carboxylic acids is 1. The molecule has 90 valence electrons. The molecule has 6 heteroatoms. The third kappa shape index (κ3) is 4.07. The molecule has 0 radical (unpaired) electrons. The molecule has 1 amide bonds. The summed E-state index contributed by atoms with van der Waals surface area (Å²) in [5, 5.41) is 8.62. The van der Waals surface area contributed by atoms with Crippen molar-refractivity contribution in [1.82, 2.24) is 9.97 Å². The second-order valence-electron chi connectivity index (χ2n) is 4.11. The van der Waals surface area contributed by atoms with Gasteiger partial charge < -0.3 is 10.6 Å². The van der Waals surface area contributed by atoms with Crippen molar-refractivity contribution in [2.24, 2.45) is 11.7 Å². The SMILES string of the molecule is CC(C)CN(CC(N)=O)c1cnc(C#N)cn1. The Morgan fingerprint density at radius 2 is 2.24 bits per heavy atom. The van der Waals surface area contributed by atoms with Crippen LogP contribution in [0.15, 0.2) is 12.4 Å². The van der Waals surface area contributed by atoms with Crippen LogP contribution in [0.3, 0.4) is 0 Å². The molecule has 0 aromatic carbocycles. The van der Waals surface area contributed by atoms with E-state index in [-0.39, 0.29) is 12.2 Å². The van der Waals surface area contributed by atoms with Crippen LogP contribution in [0.1, 0.15) is 19.5 Å². The molecule has 0 saturated carbocycles. The zero-order valence-electron chi connectivity index (χ0n) is 9.92. The summed E-state index contributed by atoms with van der Waals surface area (Å²) < 4.78 is 0. The molecule has 0 fully saturated rings. The summed E-state index contributed by atoms with van der Waals surface area (Å²) in [6.45, 7) is 4.82. The van der Waals surface area contributed by atoms with Gasteiger partial charge in [0, 0.05) is 6.54 Å². The van der Waals surface area contributed by atoms with Crippen LogP contribution in [-0.2, 0) is 4.79 Å². The van der Waals surface area contributed by atoms with Gasteiger partial charge in [0.15, 0.2) is 5.69 Å². The first-order valence-electron chi connectivity index (χ1n) is 5.28. The maximum Gasteiger partial charge on any atom is 0.236 e. The first kappa shape index (κ1) is 12.9. The Hall–Kier alpha value is -2.16. The summed E-state index contributed by atoms with van der Waals surface area (Å²) in [6, 6.07) is 1.89. The van der Waals surface area contributed by atoms with Gasteiger partial charge in [0.05, 0.1) is 18.9 Å². The molecule has 0 bridgehead atoms. The van der Waals surface area contributed by atoms with Gasteiger partial charge in [-0.2, -0.15) is 5.26 Å². The quantitative estimate of drug-likeness (QED) is 0.788. The van der Waals surface area contributed by atoms with Crippen molar-refractivity contribution in [2.75, 3.05) is 18.0 Å². The summed E-state index contributed by atoms with van der Waals surface area (Å²) in [7, 11) is 0. The lowest BCUT2D eigenvalue weighted by atomic mass is 10.2. The molecule has 1 aromatic heterocycles. The molecule has 17 heavy (non-hydrogen) atoms. The Morgan fingerprint density at radius 1 is 1.53 bits per heavy atom. The number of rotatable bonds is 5. The van der Waals surface area contributed by atoms with Crippen molar-refractivity contribution in [3.63, 3.8) is 0 Å². The predicted octanol–water partition coefficient (Wildman–Crippen LogP) is 0.296. The highest BCUT2D eigenvalue weighted by molar-refractivity contribution is 5.79. The average Bonchev–Trinajstić information content (AvgIpc) is 2.27. The van der Waals surface area contributed by atoms with Crippen LogP contribution in [0, 0.1) is 17.2 Å². The number of nitriles is 1. The van der Waals surface area contributed by atoms with Crippen LogP contribution >= 0.6 is 0 Å². The third-order valence-corrected chi connectivity index (χ3v) is 2.01. The van der Waals surface area contributed by atoms with Crippen molar-refractivity contribution >= 4 is 11.7 Å². The van der Waals surface area contributed by atoms with E-state index in [1.165, 1.54) is 12.4 Å². The fourth-order valence-corrected chi connectivity index (χ4v) is 1.41. The molecule has 0 atom stereocenters. The Labute approximate surface area is 100 Å². The van der Waals surface area contributed by atoms with Crippen molar-refractivity contribution in [1.29, 1.82) is 5.26 Å². The van der Waals surface area contributed by atoms with E-state index in [1.807, 2.05) is 19.9 Å². The zero-order chi connectivity index (χ0) is 12.8. The van der Waals surface area contributed by atoms with Gasteiger partial charge in [-0.3, -0.25) is 4.79 Å². The van der Waals surface area contributed by atoms with E-state index in [2.05, 4.69) is 9.97 Å². The summed E-state index contributed by atoms with van der Waals surface area (Å²) in [6.07, 6.45) is 2.85. The van der Waals surface area contributed by atoms with Crippen molar-refractivity contribution < 1.29 is 4.79 Å². The molecule has 0 aliphatic rings. The number of hydrogen-bond donors (Lipinski definition) is 1. The van der Waals surface area contributed by atoms with E-state index < -0.39 is 5.91 Å². The molecule has 0 unspecified atom stereocenters. The molecule has 0 spiro atoms. The molecule has 0 saturated heterocycles. The highest BCUT2D eigenvalue weighted by atomic mass is 16.1. The minimum atomic E-state index is -0.420. The minimum absolute atomic E-state index is 0.0960. The maximum absolute atomic E-state index is 11.0. The number of hydrogen-bond acceptors (Lipinski definition) is 5. The topological polar surface area (TPSA) is 95.9 Å². The number of aromatic nitrogens is 2. The largest absolute Gasteiger partial charge is 0.368 e. The van der Waals surface area contributed by atoms with Crippen LogP contribution in [0.4, 0.5) is 5.82 Å². The first-order valence-corrected chi connectivity index (χ1v) is 5.28. The number of carbonyl (C=O) groups is 1. The Balaban J connectivity index is 2.87. The van der Waals surface area contributed by atoms with E-state index >= 15 is 0 Å². The van der Waals surface area contributed by atoms with E-state index in [9.17, 15) is 4.79 Å². The monoisotopic (exact) mass is 233 g/mol. The highest BCUT2D eigenvalue weighted by Crippen LogP contribution is 2.10. The van der Waals surface area contributed by atoms with Crippen LogP contribution < -0.4 is 10.6 Å². The van der Waals surface area contributed by atoms with Crippen LogP contribution in [-0.4, -0.2) is 29.0 Å². The molecule has 0 aliphatic heterocycles. The van der Waals surface area contributed by atoms with Gasteiger partial charge in [0.25, 0.3) is 0 Å². The van der Waals surface area contributed by atoms with Crippen molar-refractivity contribution in [3.05, 3.63) is 18.1 Å². The molecule has 1 aromatic rings. The standard InChI is InChI=1S/C11H15N5O/c1-8(2)6-16(7-10(13)17)11-5-14-9(3-12)4-15-11/h4-5,8H,6-7H2,1-2H3,(H2,13,17). The molecule has 6 nitrogen and oxygen atoms in total. The lowest BCUT2D eigenvalue weighted by Crippen LogP contribution is -2.36. The smallest absolute Gasteiger partial charge is 0.236 e. The van der Waals surface area contributed by atoms with Gasteiger partial charge in [-0.05, 0) is 5.92 Å². The van der Waals surface area contributed by atoms with E-state index in [0.717, 1.165) is 0 Å².